The molecule has 1 N–H and O–H groups in total. The predicted octanol–water partition coefficient (Wildman–Crippen LogP) is 5.55. The molecule has 9 heteroatoms. The lowest BCUT2D eigenvalue weighted by Gasteiger charge is -2.32. The number of hydrogen-bond acceptors (Lipinski definition) is 4. The van der Waals surface area contributed by atoms with Crippen LogP contribution in [0.3, 0.4) is 0 Å². The second-order valence-corrected chi connectivity index (χ2v) is 12.7. The topological polar surface area (TPSA) is 86.8 Å². The van der Waals surface area contributed by atoms with Gasteiger partial charge in [-0.1, -0.05) is 61.9 Å². The number of hydrogen-bond donors (Lipinski definition) is 1. The summed E-state index contributed by atoms with van der Waals surface area (Å²) in [6.07, 6.45) is 3.49. The van der Waals surface area contributed by atoms with Crippen LogP contribution in [0.1, 0.15) is 54.9 Å². The summed E-state index contributed by atoms with van der Waals surface area (Å²) < 4.78 is 40.4. The molecule has 0 aromatic heterocycles. The molecular weight excluding hydrogens is 553 g/mol. The molecular formula is C33H42FN3O4S. The van der Waals surface area contributed by atoms with Gasteiger partial charge in [-0.05, 0) is 73.2 Å². The van der Waals surface area contributed by atoms with E-state index in [1.54, 1.807) is 17.0 Å². The van der Waals surface area contributed by atoms with Gasteiger partial charge >= 0.3 is 0 Å². The Labute approximate surface area is 249 Å². The minimum Gasteiger partial charge on any atom is -0.354 e. The predicted molar refractivity (Wildman–Crippen MR) is 166 cm³/mol. The first-order valence-corrected chi connectivity index (χ1v) is 16.2. The van der Waals surface area contributed by atoms with E-state index in [-0.39, 0.29) is 43.6 Å². The van der Waals surface area contributed by atoms with Crippen LogP contribution < -0.4 is 9.62 Å². The third-order valence-corrected chi connectivity index (χ3v) is 8.21. The highest BCUT2D eigenvalue weighted by Gasteiger charge is 2.30. The lowest BCUT2D eigenvalue weighted by molar-refractivity contribution is -0.141. The van der Waals surface area contributed by atoms with E-state index in [0.29, 0.717) is 24.2 Å². The fourth-order valence-electron chi connectivity index (χ4n) is 4.95. The van der Waals surface area contributed by atoms with Crippen LogP contribution in [0.4, 0.5) is 10.1 Å². The maximum absolute atomic E-state index is 13.9. The molecule has 1 atom stereocenters. The van der Waals surface area contributed by atoms with Crippen LogP contribution in [-0.2, 0) is 32.6 Å². The van der Waals surface area contributed by atoms with E-state index in [4.69, 9.17) is 0 Å². The number of carbonyl (C=O) groups excluding carboxylic acids is 2. The Morgan fingerprint density at radius 1 is 0.905 bits per heavy atom. The summed E-state index contributed by atoms with van der Waals surface area (Å²) in [5, 5.41) is 2.98. The zero-order valence-electron chi connectivity index (χ0n) is 25.0. The lowest BCUT2D eigenvalue weighted by atomic mass is 10.0. The molecule has 226 valence electrons. The van der Waals surface area contributed by atoms with Gasteiger partial charge in [-0.3, -0.25) is 13.9 Å². The molecule has 0 spiro atoms. The largest absolute Gasteiger partial charge is 0.354 e. The Morgan fingerprint density at radius 3 is 2.14 bits per heavy atom. The molecule has 0 unspecified atom stereocenters. The summed E-state index contributed by atoms with van der Waals surface area (Å²) in [6, 6.07) is 20.2. The van der Waals surface area contributed by atoms with Gasteiger partial charge in [-0.25, -0.2) is 12.8 Å². The number of anilines is 1. The first-order valence-electron chi connectivity index (χ1n) is 14.4. The molecule has 0 bridgehead atoms. The summed E-state index contributed by atoms with van der Waals surface area (Å²) in [4.78, 5) is 28.9. The van der Waals surface area contributed by atoms with E-state index >= 15 is 0 Å². The van der Waals surface area contributed by atoms with Crippen molar-refractivity contribution in [3.63, 3.8) is 0 Å². The number of unbranched alkanes of at least 4 members (excludes halogenated alkanes) is 1. The van der Waals surface area contributed by atoms with Crippen molar-refractivity contribution in [3.05, 3.63) is 101 Å². The summed E-state index contributed by atoms with van der Waals surface area (Å²) in [5.74, 6) is -0.919. The van der Waals surface area contributed by atoms with Crippen molar-refractivity contribution in [1.82, 2.24) is 10.2 Å². The molecule has 42 heavy (non-hydrogen) atoms. The summed E-state index contributed by atoms with van der Waals surface area (Å²) in [7, 11) is -3.60. The van der Waals surface area contributed by atoms with Crippen molar-refractivity contribution in [2.75, 3.05) is 23.7 Å². The lowest BCUT2D eigenvalue weighted by Crippen LogP contribution is -2.50. The number of rotatable bonds is 15. The average molecular weight is 596 g/mol. The molecule has 0 aliphatic heterocycles. The minimum atomic E-state index is -3.60. The van der Waals surface area contributed by atoms with Crippen LogP contribution in [0, 0.1) is 19.7 Å². The first-order chi connectivity index (χ1) is 20.0. The summed E-state index contributed by atoms with van der Waals surface area (Å²) >= 11 is 0. The number of halogens is 1. The zero-order valence-corrected chi connectivity index (χ0v) is 25.8. The molecule has 0 saturated carbocycles. The van der Waals surface area contributed by atoms with Gasteiger partial charge < -0.3 is 10.2 Å². The third-order valence-electron chi connectivity index (χ3n) is 7.01. The van der Waals surface area contributed by atoms with Crippen molar-refractivity contribution in [1.29, 1.82) is 0 Å². The van der Waals surface area contributed by atoms with Gasteiger partial charge in [0.2, 0.25) is 21.8 Å². The maximum atomic E-state index is 13.9. The number of sulfonamides is 1. The van der Waals surface area contributed by atoms with E-state index in [0.717, 1.165) is 35.8 Å². The number of benzene rings is 3. The number of nitrogens with one attached hydrogen (secondary N) is 1. The standard InChI is InChI=1S/C33H42FN3O4S/c1-5-6-18-35-33(39)31(23-27-11-8-7-9-12-27)36(24-28-14-16-29(34)17-15-28)32(38)13-10-19-37(42(4,40)41)30-21-25(2)20-26(3)22-30/h7-9,11-12,14-17,20-22,31H,5-6,10,13,18-19,23-24H2,1-4H3,(H,35,39)/t31-/m0/s1. The average Bonchev–Trinajstić information content (AvgIpc) is 2.93. The number of nitrogens with zero attached hydrogens (tertiary/aromatic N) is 2. The third kappa shape index (κ3) is 9.98. The van der Waals surface area contributed by atoms with Crippen LogP contribution in [0.5, 0.6) is 0 Å². The second kappa shape index (κ2) is 15.5. The fourth-order valence-corrected chi connectivity index (χ4v) is 5.89. The Kier molecular flexibility index (Phi) is 12.1. The molecule has 3 aromatic rings. The van der Waals surface area contributed by atoms with Crippen LogP contribution in [0.15, 0.2) is 72.8 Å². The number of aryl methyl sites for hydroxylation is 2. The monoisotopic (exact) mass is 595 g/mol. The van der Waals surface area contributed by atoms with E-state index in [1.807, 2.05) is 69.3 Å². The maximum Gasteiger partial charge on any atom is 0.243 e. The van der Waals surface area contributed by atoms with Crippen LogP contribution >= 0.6 is 0 Å². The van der Waals surface area contributed by atoms with Crippen molar-refractivity contribution in [3.8, 4) is 0 Å². The van der Waals surface area contributed by atoms with E-state index in [1.165, 1.54) is 16.4 Å². The van der Waals surface area contributed by atoms with Gasteiger partial charge in [0.05, 0.1) is 11.9 Å². The number of carbonyl (C=O) groups is 2. The quantitative estimate of drug-likeness (QED) is 0.234. The number of amides is 2. The Balaban J connectivity index is 1.88. The molecule has 3 aromatic carbocycles. The first kappa shape index (κ1) is 32.8. The van der Waals surface area contributed by atoms with Crippen LogP contribution in [-0.4, -0.2) is 50.5 Å². The van der Waals surface area contributed by atoms with E-state index in [9.17, 15) is 22.4 Å². The highest BCUT2D eigenvalue weighted by Crippen LogP contribution is 2.23. The van der Waals surface area contributed by atoms with Crippen LogP contribution in [0.2, 0.25) is 0 Å². The summed E-state index contributed by atoms with van der Waals surface area (Å²) in [5.41, 5.74) is 4.04. The highest BCUT2D eigenvalue weighted by molar-refractivity contribution is 7.92. The van der Waals surface area contributed by atoms with Crippen molar-refractivity contribution >= 4 is 27.5 Å². The normalized spacial score (nSPS) is 12.0. The van der Waals surface area contributed by atoms with Crippen LogP contribution in [0.25, 0.3) is 0 Å². The molecule has 7 nitrogen and oxygen atoms in total. The smallest absolute Gasteiger partial charge is 0.243 e. The Morgan fingerprint density at radius 2 is 1.55 bits per heavy atom. The van der Waals surface area contributed by atoms with Crippen molar-refractivity contribution in [2.24, 2.45) is 0 Å². The minimum absolute atomic E-state index is 0.0333. The summed E-state index contributed by atoms with van der Waals surface area (Å²) in [6.45, 7) is 6.58. The molecule has 0 saturated heterocycles. The highest BCUT2D eigenvalue weighted by atomic mass is 32.2. The van der Waals surface area contributed by atoms with Gasteiger partial charge in [0.15, 0.2) is 0 Å². The molecule has 0 aliphatic carbocycles. The molecule has 0 fully saturated rings. The Bertz CT molecular complexity index is 1410. The SMILES string of the molecule is CCCCNC(=O)[C@H](Cc1ccccc1)N(Cc1ccc(F)cc1)C(=O)CCCN(c1cc(C)cc(C)c1)S(C)(=O)=O. The van der Waals surface area contributed by atoms with Gasteiger partial charge in [0.25, 0.3) is 0 Å². The molecule has 2 amide bonds. The van der Waals surface area contributed by atoms with E-state index < -0.39 is 16.1 Å². The van der Waals surface area contributed by atoms with Gasteiger partial charge in [-0.15, -0.1) is 0 Å². The van der Waals surface area contributed by atoms with Gasteiger partial charge in [0.1, 0.15) is 11.9 Å². The molecule has 0 radical (unpaired) electrons. The zero-order chi connectivity index (χ0) is 30.7. The van der Waals surface area contributed by atoms with Crippen molar-refractivity contribution in [2.45, 2.75) is 65.5 Å². The van der Waals surface area contributed by atoms with Gasteiger partial charge in [-0.2, -0.15) is 0 Å². The Hall–Kier alpha value is -3.72. The van der Waals surface area contributed by atoms with E-state index in [2.05, 4.69) is 5.32 Å². The van der Waals surface area contributed by atoms with Crippen molar-refractivity contribution < 1.29 is 22.4 Å². The molecule has 3 rings (SSSR count). The molecule has 0 aliphatic rings. The van der Waals surface area contributed by atoms with Gasteiger partial charge in [0, 0.05) is 32.5 Å². The fraction of sp³-hybridized carbons (Fsp3) is 0.394. The second-order valence-electron chi connectivity index (χ2n) is 10.8. The molecule has 0 heterocycles.